The Labute approximate surface area is 155 Å². The second-order valence-electron chi connectivity index (χ2n) is 6.10. The summed E-state index contributed by atoms with van der Waals surface area (Å²) in [6.45, 7) is 0. The van der Waals surface area contributed by atoms with Crippen LogP contribution in [0.3, 0.4) is 0 Å². The summed E-state index contributed by atoms with van der Waals surface area (Å²) in [4.78, 5) is 30.5. The van der Waals surface area contributed by atoms with E-state index in [0.717, 1.165) is 25.0 Å². The van der Waals surface area contributed by atoms with Crippen LogP contribution in [0, 0.1) is 0 Å². The lowest BCUT2D eigenvalue weighted by molar-refractivity contribution is 0.101. The molecular formula is C20H17N3O2S. The Hall–Kier alpha value is -2.99. The maximum absolute atomic E-state index is 12.5. The molecule has 0 radical (unpaired) electrons. The summed E-state index contributed by atoms with van der Waals surface area (Å²) in [5.74, 6) is -0.437. The average Bonchev–Trinajstić information content (AvgIpc) is 3.24. The summed E-state index contributed by atoms with van der Waals surface area (Å²) in [7, 11) is 0. The smallest absolute Gasteiger partial charge is 0.257 e. The van der Waals surface area contributed by atoms with Crippen LogP contribution in [0.25, 0.3) is 0 Å². The number of thiazole rings is 1. The highest BCUT2D eigenvalue weighted by molar-refractivity contribution is 7.16. The number of nitrogens with zero attached hydrogens (tertiary/aromatic N) is 1. The van der Waals surface area contributed by atoms with Crippen LogP contribution in [0.4, 0.5) is 10.8 Å². The van der Waals surface area contributed by atoms with Crippen molar-refractivity contribution in [1.29, 1.82) is 0 Å². The molecule has 0 spiro atoms. The van der Waals surface area contributed by atoms with Crippen molar-refractivity contribution < 1.29 is 9.59 Å². The predicted molar refractivity (Wildman–Crippen MR) is 103 cm³/mol. The van der Waals surface area contributed by atoms with E-state index >= 15 is 0 Å². The number of hydrogen-bond acceptors (Lipinski definition) is 4. The molecule has 0 saturated heterocycles. The van der Waals surface area contributed by atoms with Crippen molar-refractivity contribution in [3.63, 3.8) is 0 Å². The summed E-state index contributed by atoms with van der Waals surface area (Å²) < 4.78 is 0. The number of fused-ring (bicyclic) bond motifs is 1. The number of rotatable bonds is 4. The molecule has 0 fully saturated rings. The van der Waals surface area contributed by atoms with Crippen molar-refractivity contribution in [3.05, 3.63) is 76.3 Å². The number of nitrogens with one attached hydrogen (secondary N) is 2. The van der Waals surface area contributed by atoms with E-state index in [1.165, 1.54) is 4.88 Å². The molecule has 1 aliphatic rings. The van der Waals surface area contributed by atoms with E-state index in [1.54, 1.807) is 47.7 Å². The van der Waals surface area contributed by atoms with Crippen LogP contribution >= 0.6 is 11.3 Å². The Morgan fingerprint density at radius 1 is 0.885 bits per heavy atom. The molecule has 1 aliphatic carbocycles. The summed E-state index contributed by atoms with van der Waals surface area (Å²) in [6.07, 6.45) is 3.18. The maximum Gasteiger partial charge on any atom is 0.257 e. The minimum Gasteiger partial charge on any atom is -0.322 e. The molecule has 5 nitrogen and oxygen atoms in total. The molecule has 130 valence electrons. The van der Waals surface area contributed by atoms with Gasteiger partial charge in [0.25, 0.3) is 11.8 Å². The lowest BCUT2D eigenvalue weighted by atomic mass is 10.1. The fraction of sp³-hybridized carbons (Fsp3) is 0.150. The number of carbonyl (C=O) groups excluding carboxylic acids is 2. The minimum absolute atomic E-state index is 0.209. The van der Waals surface area contributed by atoms with Crippen LogP contribution in [0.2, 0.25) is 0 Å². The van der Waals surface area contributed by atoms with Crippen LogP contribution in [0.15, 0.2) is 54.6 Å². The van der Waals surface area contributed by atoms with Gasteiger partial charge in [0.1, 0.15) is 0 Å². The van der Waals surface area contributed by atoms with E-state index in [4.69, 9.17) is 0 Å². The normalized spacial score (nSPS) is 12.5. The van der Waals surface area contributed by atoms with Gasteiger partial charge in [0.2, 0.25) is 0 Å². The van der Waals surface area contributed by atoms with E-state index in [1.807, 2.05) is 18.2 Å². The van der Waals surface area contributed by atoms with Gasteiger partial charge < -0.3 is 5.32 Å². The number of hydrogen-bond donors (Lipinski definition) is 2. The number of carbonyl (C=O) groups is 2. The van der Waals surface area contributed by atoms with Crippen LogP contribution in [-0.4, -0.2) is 16.8 Å². The number of amides is 2. The van der Waals surface area contributed by atoms with Gasteiger partial charge in [-0.2, -0.15) is 0 Å². The molecule has 0 saturated carbocycles. The topological polar surface area (TPSA) is 71.1 Å². The van der Waals surface area contributed by atoms with Crippen molar-refractivity contribution in [2.45, 2.75) is 19.3 Å². The van der Waals surface area contributed by atoms with Crippen molar-refractivity contribution in [1.82, 2.24) is 4.98 Å². The van der Waals surface area contributed by atoms with Gasteiger partial charge in [-0.15, -0.1) is 11.3 Å². The number of aromatic nitrogens is 1. The molecule has 3 aromatic rings. The molecule has 0 aliphatic heterocycles. The number of benzene rings is 2. The predicted octanol–water partition coefficient (Wildman–Crippen LogP) is 4.14. The Balaban J connectivity index is 1.46. The molecule has 0 bridgehead atoms. The van der Waals surface area contributed by atoms with Gasteiger partial charge in [0.05, 0.1) is 5.69 Å². The zero-order valence-electron chi connectivity index (χ0n) is 14.0. The monoisotopic (exact) mass is 363 g/mol. The van der Waals surface area contributed by atoms with E-state index in [-0.39, 0.29) is 11.8 Å². The zero-order valence-corrected chi connectivity index (χ0v) is 14.8. The third-order valence-corrected chi connectivity index (χ3v) is 5.31. The molecule has 4 rings (SSSR count). The van der Waals surface area contributed by atoms with E-state index in [0.29, 0.717) is 21.9 Å². The first-order valence-electron chi connectivity index (χ1n) is 8.45. The van der Waals surface area contributed by atoms with Crippen LogP contribution in [0.1, 0.15) is 37.7 Å². The van der Waals surface area contributed by atoms with Gasteiger partial charge >= 0.3 is 0 Å². The number of aryl methyl sites for hydroxylation is 2. The molecule has 2 aromatic carbocycles. The molecule has 0 atom stereocenters. The lowest BCUT2D eigenvalue weighted by Gasteiger charge is -2.07. The molecule has 0 unspecified atom stereocenters. The van der Waals surface area contributed by atoms with Gasteiger partial charge in [-0.3, -0.25) is 14.9 Å². The lowest BCUT2D eigenvalue weighted by Crippen LogP contribution is -2.14. The molecular weight excluding hydrogens is 346 g/mol. The second-order valence-corrected chi connectivity index (χ2v) is 7.18. The Kier molecular flexibility index (Phi) is 4.50. The molecule has 2 amide bonds. The van der Waals surface area contributed by atoms with Gasteiger partial charge in [0, 0.05) is 21.7 Å². The average molecular weight is 363 g/mol. The highest BCUT2D eigenvalue weighted by Crippen LogP contribution is 2.30. The molecule has 6 heteroatoms. The summed E-state index contributed by atoms with van der Waals surface area (Å²) in [6, 6.07) is 15.9. The van der Waals surface area contributed by atoms with Gasteiger partial charge in [-0.1, -0.05) is 24.3 Å². The van der Waals surface area contributed by atoms with Crippen LogP contribution < -0.4 is 10.6 Å². The first-order chi connectivity index (χ1) is 12.7. The summed E-state index contributed by atoms with van der Waals surface area (Å²) in [5, 5.41) is 6.31. The van der Waals surface area contributed by atoms with Crippen molar-refractivity contribution >= 4 is 34.0 Å². The first kappa shape index (κ1) is 16.5. The quantitative estimate of drug-likeness (QED) is 0.732. The number of anilines is 2. The van der Waals surface area contributed by atoms with Crippen molar-refractivity contribution in [3.8, 4) is 0 Å². The van der Waals surface area contributed by atoms with E-state index in [9.17, 15) is 9.59 Å². The van der Waals surface area contributed by atoms with Gasteiger partial charge in [0.15, 0.2) is 5.13 Å². The summed E-state index contributed by atoms with van der Waals surface area (Å²) >= 11 is 1.54. The third-order valence-electron chi connectivity index (χ3n) is 4.23. The Bertz CT molecular complexity index is 945. The van der Waals surface area contributed by atoms with Gasteiger partial charge in [-0.25, -0.2) is 4.98 Å². The van der Waals surface area contributed by atoms with Crippen LogP contribution in [-0.2, 0) is 12.8 Å². The molecule has 1 aromatic heterocycles. The second kappa shape index (κ2) is 7.09. The maximum atomic E-state index is 12.5. The van der Waals surface area contributed by atoms with Crippen LogP contribution in [0.5, 0.6) is 0 Å². The van der Waals surface area contributed by atoms with Gasteiger partial charge in [-0.05, 0) is 49.6 Å². The third kappa shape index (κ3) is 3.50. The van der Waals surface area contributed by atoms with E-state index < -0.39 is 0 Å². The standard InChI is InChI=1S/C20H17N3O2S/c24-18(13-6-2-1-3-7-13)21-15-9-4-8-14(12-15)19(25)23-20-22-16-10-5-11-17(16)26-20/h1-4,6-9,12H,5,10-11H2,(H,21,24)(H,22,23,25). The highest BCUT2D eigenvalue weighted by atomic mass is 32.1. The molecule has 1 heterocycles. The van der Waals surface area contributed by atoms with Crippen molar-refractivity contribution in [2.75, 3.05) is 10.6 Å². The summed E-state index contributed by atoms with van der Waals surface area (Å²) in [5.41, 5.74) is 2.73. The Morgan fingerprint density at radius 3 is 2.46 bits per heavy atom. The fourth-order valence-corrected chi connectivity index (χ4v) is 3.99. The molecule has 2 N–H and O–H groups in total. The zero-order chi connectivity index (χ0) is 17.9. The first-order valence-corrected chi connectivity index (χ1v) is 9.27. The van der Waals surface area contributed by atoms with E-state index in [2.05, 4.69) is 15.6 Å². The fourth-order valence-electron chi connectivity index (χ4n) is 2.94. The minimum atomic E-state index is -0.228. The SMILES string of the molecule is O=C(Nc1cccc(C(=O)Nc2nc3c(s2)CCC3)c1)c1ccccc1. The van der Waals surface area contributed by atoms with Crippen molar-refractivity contribution in [2.24, 2.45) is 0 Å². The Morgan fingerprint density at radius 2 is 1.65 bits per heavy atom. The molecule has 26 heavy (non-hydrogen) atoms. The largest absolute Gasteiger partial charge is 0.322 e. The highest BCUT2D eigenvalue weighted by Gasteiger charge is 2.18.